The summed E-state index contributed by atoms with van der Waals surface area (Å²) in [4.78, 5) is 26.6. The summed E-state index contributed by atoms with van der Waals surface area (Å²) in [7, 11) is 0. The zero-order chi connectivity index (χ0) is 22.2. The molecule has 1 saturated heterocycles. The number of halogens is 1. The minimum absolute atomic E-state index is 0.00643. The van der Waals surface area contributed by atoms with Gasteiger partial charge in [0.15, 0.2) is 0 Å². The number of carbonyl (C=O) groups is 1. The molecular formula is C22H20BrN5OS3. The first-order chi connectivity index (χ1) is 15.5. The molecule has 0 N–H and O–H groups in total. The highest BCUT2D eigenvalue weighted by molar-refractivity contribution is 9.10. The summed E-state index contributed by atoms with van der Waals surface area (Å²) >= 11 is 8.07. The van der Waals surface area contributed by atoms with Crippen LogP contribution in [0.15, 0.2) is 34.1 Å². The molecule has 0 radical (unpaired) electrons. The SMILES string of the molecule is Cc1nnsc1-c1nc(C(=O)N2CCC(c3nc(-c4ccc(Br)cc4)c(C)s3)CC2)cs1. The lowest BCUT2D eigenvalue weighted by atomic mass is 9.97. The quantitative estimate of drug-likeness (QED) is 0.306. The van der Waals surface area contributed by atoms with Crippen molar-refractivity contribution in [2.24, 2.45) is 0 Å². The Bertz CT molecular complexity index is 1250. The van der Waals surface area contributed by atoms with E-state index in [2.05, 4.69) is 61.7 Å². The molecule has 0 bridgehead atoms. The first-order valence-electron chi connectivity index (χ1n) is 10.3. The van der Waals surface area contributed by atoms with Crippen molar-refractivity contribution in [3.05, 3.63) is 55.4 Å². The normalized spacial score (nSPS) is 14.8. The van der Waals surface area contributed by atoms with E-state index in [9.17, 15) is 4.79 Å². The molecule has 0 spiro atoms. The second-order valence-corrected chi connectivity index (χ2v) is 11.5. The second-order valence-electron chi connectivity index (χ2n) is 7.76. The number of hydrogen-bond donors (Lipinski definition) is 0. The molecule has 0 unspecified atom stereocenters. The van der Waals surface area contributed by atoms with Crippen molar-refractivity contribution in [1.29, 1.82) is 0 Å². The van der Waals surface area contributed by atoms with Gasteiger partial charge in [-0.15, -0.1) is 27.8 Å². The van der Waals surface area contributed by atoms with Crippen molar-refractivity contribution in [1.82, 2.24) is 24.5 Å². The van der Waals surface area contributed by atoms with E-state index in [0.717, 1.165) is 57.2 Å². The van der Waals surface area contributed by atoms with Gasteiger partial charge in [0.25, 0.3) is 5.91 Å². The molecule has 1 fully saturated rings. The molecule has 164 valence electrons. The fourth-order valence-corrected chi connectivity index (χ4v) is 6.82. The molecule has 4 heterocycles. The van der Waals surface area contributed by atoms with E-state index >= 15 is 0 Å². The van der Waals surface area contributed by atoms with Crippen molar-refractivity contribution in [3.63, 3.8) is 0 Å². The van der Waals surface area contributed by atoms with Crippen molar-refractivity contribution >= 4 is 56.0 Å². The molecule has 1 aromatic carbocycles. The maximum absolute atomic E-state index is 13.0. The van der Waals surface area contributed by atoms with Crippen LogP contribution in [-0.4, -0.2) is 43.5 Å². The Morgan fingerprint density at radius 2 is 1.88 bits per heavy atom. The van der Waals surface area contributed by atoms with Gasteiger partial charge in [-0.2, -0.15) is 0 Å². The minimum Gasteiger partial charge on any atom is -0.337 e. The van der Waals surface area contributed by atoms with Crippen LogP contribution in [0.5, 0.6) is 0 Å². The molecular weight excluding hydrogens is 526 g/mol. The number of benzene rings is 1. The van der Waals surface area contributed by atoms with Crippen LogP contribution in [0.1, 0.15) is 44.8 Å². The van der Waals surface area contributed by atoms with E-state index in [1.807, 2.05) is 17.2 Å². The molecule has 4 aromatic rings. The number of thiazole rings is 2. The van der Waals surface area contributed by atoms with Crippen LogP contribution in [0, 0.1) is 13.8 Å². The van der Waals surface area contributed by atoms with Crippen molar-refractivity contribution in [2.45, 2.75) is 32.6 Å². The third-order valence-electron chi connectivity index (χ3n) is 5.63. The van der Waals surface area contributed by atoms with Gasteiger partial charge in [0.1, 0.15) is 15.6 Å². The lowest BCUT2D eigenvalue weighted by molar-refractivity contribution is 0.0708. The smallest absolute Gasteiger partial charge is 0.273 e. The average Bonchev–Trinajstić information content (AvgIpc) is 3.54. The zero-order valence-corrected chi connectivity index (χ0v) is 21.6. The summed E-state index contributed by atoms with van der Waals surface area (Å²) in [6.45, 7) is 5.50. The monoisotopic (exact) mass is 545 g/mol. The molecule has 10 heteroatoms. The van der Waals surface area contributed by atoms with Gasteiger partial charge >= 0.3 is 0 Å². The third-order valence-corrected chi connectivity index (χ3v) is 9.12. The van der Waals surface area contributed by atoms with Gasteiger partial charge < -0.3 is 4.90 Å². The van der Waals surface area contributed by atoms with E-state index in [1.165, 1.54) is 32.8 Å². The van der Waals surface area contributed by atoms with Gasteiger partial charge in [0.2, 0.25) is 0 Å². The Kier molecular flexibility index (Phi) is 6.20. The van der Waals surface area contributed by atoms with E-state index in [0.29, 0.717) is 11.6 Å². The summed E-state index contributed by atoms with van der Waals surface area (Å²) in [5, 5.41) is 7.87. The predicted octanol–water partition coefficient (Wildman–Crippen LogP) is 6.18. The molecule has 1 aliphatic rings. The highest BCUT2D eigenvalue weighted by Gasteiger charge is 2.28. The topological polar surface area (TPSA) is 71.9 Å². The molecule has 1 aliphatic heterocycles. The fourth-order valence-electron chi connectivity index (χ4n) is 3.86. The summed E-state index contributed by atoms with van der Waals surface area (Å²) < 4.78 is 5.03. The number of piperidine rings is 1. The van der Waals surface area contributed by atoms with Crippen LogP contribution in [0.4, 0.5) is 0 Å². The van der Waals surface area contributed by atoms with Crippen LogP contribution in [0.2, 0.25) is 0 Å². The molecule has 6 nitrogen and oxygen atoms in total. The Morgan fingerprint density at radius 1 is 1.12 bits per heavy atom. The molecule has 0 atom stereocenters. The maximum Gasteiger partial charge on any atom is 0.273 e. The lowest BCUT2D eigenvalue weighted by Crippen LogP contribution is -2.38. The van der Waals surface area contributed by atoms with Crippen molar-refractivity contribution in [3.8, 4) is 21.1 Å². The highest BCUT2D eigenvalue weighted by atomic mass is 79.9. The van der Waals surface area contributed by atoms with Gasteiger partial charge in [-0.25, -0.2) is 9.97 Å². The lowest BCUT2D eigenvalue weighted by Gasteiger charge is -2.30. The molecule has 0 aliphatic carbocycles. The van der Waals surface area contributed by atoms with Crippen LogP contribution in [0.3, 0.4) is 0 Å². The minimum atomic E-state index is 0.00643. The van der Waals surface area contributed by atoms with E-state index in [1.54, 1.807) is 11.3 Å². The van der Waals surface area contributed by atoms with Crippen LogP contribution in [-0.2, 0) is 0 Å². The predicted molar refractivity (Wildman–Crippen MR) is 134 cm³/mol. The fraction of sp³-hybridized carbons (Fsp3) is 0.318. The van der Waals surface area contributed by atoms with Gasteiger partial charge in [-0.1, -0.05) is 32.6 Å². The summed E-state index contributed by atoms with van der Waals surface area (Å²) in [5.74, 6) is 0.399. The molecule has 5 rings (SSSR count). The number of aryl methyl sites for hydroxylation is 2. The molecule has 32 heavy (non-hydrogen) atoms. The van der Waals surface area contributed by atoms with Crippen molar-refractivity contribution < 1.29 is 4.79 Å². The van der Waals surface area contributed by atoms with E-state index in [-0.39, 0.29) is 5.91 Å². The highest BCUT2D eigenvalue weighted by Crippen LogP contribution is 2.36. The van der Waals surface area contributed by atoms with Gasteiger partial charge in [0.05, 0.1) is 16.4 Å². The maximum atomic E-state index is 13.0. The number of nitrogens with zero attached hydrogens (tertiary/aromatic N) is 5. The number of aromatic nitrogens is 4. The molecule has 0 saturated carbocycles. The number of amides is 1. The van der Waals surface area contributed by atoms with E-state index in [4.69, 9.17) is 4.98 Å². The number of likely N-dealkylation sites (tertiary alicyclic amines) is 1. The van der Waals surface area contributed by atoms with Gasteiger partial charge in [-0.05, 0) is 50.4 Å². The summed E-state index contributed by atoms with van der Waals surface area (Å²) in [6, 6.07) is 8.30. The zero-order valence-electron chi connectivity index (χ0n) is 17.5. The number of rotatable bonds is 4. The Balaban J connectivity index is 1.25. The summed E-state index contributed by atoms with van der Waals surface area (Å²) in [6.07, 6.45) is 1.85. The van der Waals surface area contributed by atoms with Crippen LogP contribution >= 0.6 is 50.1 Å². The standard InChI is InChI=1S/C22H20BrN5OS3/c1-12-19(32-27-26-12)21-24-17(11-30-21)22(29)28-9-7-15(8-10-28)20-25-18(13(2)31-20)14-3-5-16(23)6-4-14/h3-6,11,15H,7-10H2,1-2H3. The van der Waals surface area contributed by atoms with Gasteiger partial charge in [0, 0.05) is 39.3 Å². The number of carbonyl (C=O) groups excluding carboxylic acids is 1. The number of hydrogen-bond acceptors (Lipinski definition) is 8. The Morgan fingerprint density at radius 3 is 2.56 bits per heavy atom. The molecule has 3 aromatic heterocycles. The molecule has 1 amide bonds. The van der Waals surface area contributed by atoms with Crippen molar-refractivity contribution in [2.75, 3.05) is 13.1 Å². The van der Waals surface area contributed by atoms with Gasteiger partial charge in [-0.3, -0.25) is 4.79 Å². The van der Waals surface area contributed by atoms with Crippen LogP contribution in [0.25, 0.3) is 21.1 Å². The third kappa shape index (κ3) is 4.28. The Hall–Kier alpha value is -2.01. The second kappa shape index (κ2) is 9.09. The first kappa shape index (κ1) is 21.8. The largest absolute Gasteiger partial charge is 0.337 e. The van der Waals surface area contributed by atoms with E-state index < -0.39 is 0 Å². The summed E-state index contributed by atoms with van der Waals surface area (Å²) in [5.41, 5.74) is 3.58. The first-order valence-corrected chi connectivity index (χ1v) is 13.5. The van der Waals surface area contributed by atoms with Crippen LogP contribution < -0.4 is 0 Å². The average molecular weight is 547 g/mol. The Labute approximate surface area is 206 Å².